The van der Waals surface area contributed by atoms with Gasteiger partial charge in [0.05, 0.1) is 18.8 Å². The van der Waals surface area contributed by atoms with Gasteiger partial charge in [-0.1, -0.05) is 13.8 Å². The molecule has 14 heteroatoms. The number of carboxylic acids is 2. The summed E-state index contributed by atoms with van der Waals surface area (Å²) in [4.78, 5) is 67.4. The standard InChI is InChI=1S/C21H34N6O7S/c1-11(2)6-13(22)18(30)25-14(4-5-35-3)19(31)26-15(7-12-9-23-10-24-12)20(32)27-16(21(33)34)8-17(28)29/h9-11,13-16H,4-8,22H2,1-3H3,(H,23,24)(H,25,30)(H,26,31)(H,27,32)(H,28,29)(H,33,34). The monoisotopic (exact) mass is 514 g/mol. The highest BCUT2D eigenvalue weighted by Crippen LogP contribution is 2.07. The second-order valence-electron chi connectivity index (χ2n) is 8.42. The van der Waals surface area contributed by atoms with E-state index in [4.69, 9.17) is 10.8 Å². The van der Waals surface area contributed by atoms with E-state index in [9.17, 15) is 29.1 Å². The van der Waals surface area contributed by atoms with E-state index in [-0.39, 0.29) is 18.8 Å². The molecule has 35 heavy (non-hydrogen) atoms. The number of aromatic nitrogens is 2. The number of H-pyrrole nitrogens is 1. The van der Waals surface area contributed by atoms with E-state index in [0.29, 0.717) is 17.9 Å². The number of carbonyl (C=O) groups is 5. The number of nitrogens with zero attached hydrogens (tertiary/aromatic N) is 1. The highest BCUT2D eigenvalue weighted by atomic mass is 32.2. The van der Waals surface area contributed by atoms with E-state index in [2.05, 4.69) is 25.9 Å². The van der Waals surface area contributed by atoms with E-state index in [0.717, 1.165) is 0 Å². The Labute approximate surface area is 207 Å². The Hall–Kier alpha value is -3.13. The lowest BCUT2D eigenvalue weighted by molar-refractivity contribution is -0.147. The van der Waals surface area contributed by atoms with Gasteiger partial charge in [-0.25, -0.2) is 9.78 Å². The normalized spacial score (nSPS) is 14.4. The molecule has 0 aliphatic heterocycles. The van der Waals surface area contributed by atoms with Gasteiger partial charge in [0.1, 0.15) is 18.1 Å². The molecular weight excluding hydrogens is 480 g/mol. The third kappa shape index (κ3) is 11.2. The highest BCUT2D eigenvalue weighted by molar-refractivity contribution is 7.98. The summed E-state index contributed by atoms with van der Waals surface area (Å²) in [6.07, 6.45) is 4.41. The van der Waals surface area contributed by atoms with Gasteiger partial charge in [-0.15, -0.1) is 0 Å². The Morgan fingerprint density at radius 2 is 1.63 bits per heavy atom. The van der Waals surface area contributed by atoms with Gasteiger partial charge in [0.25, 0.3) is 0 Å². The predicted molar refractivity (Wildman–Crippen MR) is 128 cm³/mol. The largest absolute Gasteiger partial charge is 0.481 e. The van der Waals surface area contributed by atoms with Crippen molar-refractivity contribution in [3.8, 4) is 0 Å². The quantitative estimate of drug-likeness (QED) is 0.144. The molecule has 1 heterocycles. The van der Waals surface area contributed by atoms with Crippen molar-refractivity contribution in [2.75, 3.05) is 12.0 Å². The Morgan fingerprint density at radius 3 is 2.14 bits per heavy atom. The van der Waals surface area contributed by atoms with Crippen LogP contribution in [-0.4, -0.2) is 86.0 Å². The molecule has 1 aromatic rings. The topological polar surface area (TPSA) is 217 Å². The van der Waals surface area contributed by atoms with E-state index in [1.165, 1.54) is 24.3 Å². The van der Waals surface area contributed by atoms with Gasteiger partial charge in [0.2, 0.25) is 17.7 Å². The molecule has 8 N–H and O–H groups in total. The minimum Gasteiger partial charge on any atom is -0.481 e. The number of nitrogens with two attached hydrogens (primary N) is 1. The zero-order valence-electron chi connectivity index (χ0n) is 19.9. The van der Waals surface area contributed by atoms with E-state index in [1.807, 2.05) is 20.1 Å². The number of carbonyl (C=O) groups excluding carboxylic acids is 3. The molecule has 4 atom stereocenters. The molecule has 0 saturated carbocycles. The Balaban J connectivity index is 3.04. The first-order chi connectivity index (χ1) is 16.4. The summed E-state index contributed by atoms with van der Waals surface area (Å²) in [5.74, 6) is -4.29. The van der Waals surface area contributed by atoms with Gasteiger partial charge in [0, 0.05) is 18.3 Å². The summed E-state index contributed by atoms with van der Waals surface area (Å²) in [5, 5.41) is 25.5. The smallest absolute Gasteiger partial charge is 0.326 e. The lowest BCUT2D eigenvalue weighted by atomic mass is 10.0. The van der Waals surface area contributed by atoms with Crippen LogP contribution < -0.4 is 21.7 Å². The molecule has 0 radical (unpaired) electrons. The fourth-order valence-electron chi connectivity index (χ4n) is 3.14. The lowest BCUT2D eigenvalue weighted by Crippen LogP contribution is -2.58. The van der Waals surface area contributed by atoms with Crippen LogP contribution in [0.1, 0.15) is 38.8 Å². The predicted octanol–water partition coefficient (Wildman–Crippen LogP) is -0.908. The van der Waals surface area contributed by atoms with Crippen LogP contribution in [-0.2, 0) is 30.4 Å². The summed E-state index contributed by atoms with van der Waals surface area (Å²) in [6, 6.07) is -4.76. The molecule has 0 fully saturated rings. The lowest BCUT2D eigenvalue weighted by Gasteiger charge is -2.25. The van der Waals surface area contributed by atoms with Crippen molar-refractivity contribution in [3.05, 3.63) is 18.2 Å². The summed E-state index contributed by atoms with van der Waals surface area (Å²) >= 11 is 1.46. The molecule has 0 saturated heterocycles. The molecule has 196 valence electrons. The summed E-state index contributed by atoms with van der Waals surface area (Å²) in [6.45, 7) is 3.83. The van der Waals surface area contributed by atoms with E-state index in [1.54, 1.807) is 0 Å². The van der Waals surface area contributed by atoms with E-state index >= 15 is 0 Å². The fraction of sp³-hybridized carbons (Fsp3) is 0.619. The minimum absolute atomic E-state index is 0.0763. The first-order valence-electron chi connectivity index (χ1n) is 11.0. The van der Waals surface area contributed by atoms with Crippen LogP contribution in [0.15, 0.2) is 12.5 Å². The maximum absolute atomic E-state index is 13.1. The second-order valence-corrected chi connectivity index (χ2v) is 9.40. The third-order valence-electron chi connectivity index (χ3n) is 4.91. The van der Waals surface area contributed by atoms with Crippen LogP contribution >= 0.6 is 11.8 Å². The Bertz CT molecular complexity index is 864. The average molecular weight is 515 g/mol. The Morgan fingerprint density at radius 1 is 1.03 bits per heavy atom. The van der Waals surface area contributed by atoms with Crippen LogP contribution in [0.4, 0.5) is 0 Å². The molecule has 13 nitrogen and oxygen atoms in total. The number of amides is 3. The number of hydrogen-bond acceptors (Lipinski definition) is 8. The number of aromatic amines is 1. The molecule has 0 aliphatic carbocycles. The second kappa shape index (κ2) is 15.0. The van der Waals surface area contributed by atoms with Gasteiger partial charge >= 0.3 is 11.9 Å². The molecule has 0 spiro atoms. The third-order valence-corrected chi connectivity index (χ3v) is 5.55. The van der Waals surface area contributed by atoms with Crippen LogP contribution in [0.2, 0.25) is 0 Å². The fourth-order valence-corrected chi connectivity index (χ4v) is 3.61. The zero-order valence-corrected chi connectivity index (χ0v) is 20.8. The number of rotatable bonds is 16. The van der Waals surface area contributed by atoms with E-state index < -0.39 is 60.2 Å². The number of aliphatic carboxylic acids is 2. The van der Waals surface area contributed by atoms with Crippen LogP contribution in [0.3, 0.4) is 0 Å². The molecule has 3 amide bonds. The maximum atomic E-state index is 13.1. The van der Waals surface area contributed by atoms with Gasteiger partial charge in [-0.2, -0.15) is 11.8 Å². The van der Waals surface area contributed by atoms with Crippen molar-refractivity contribution < 1.29 is 34.2 Å². The number of imidazole rings is 1. The number of carboxylic acid groups (broad SMARTS) is 2. The average Bonchev–Trinajstić information content (AvgIpc) is 3.27. The summed E-state index contributed by atoms with van der Waals surface area (Å²) < 4.78 is 0. The van der Waals surface area contributed by atoms with Gasteiger partial charge < -0.3 is 36.9 Å². The molecule has 1 aromatic heterocycles. The molecule has 4 unspecified atom stereocenters. The highest BCUT2D eigenvalue weighted by Gasteiger charge is 2.31. The van der Waals surface area contributed by atoms with Crippen molar-refractivity contribution in [2.24, 2.45) is 11.7 Å². The number of thioether (sulfide) groups is 1. The van der Waals surface area contributed by atoms with Crippen molar-refractivity contribution in [3.63, 3.8) is 0 Å². The first kappa shape index (κ1) is 29.9. The molecular formula is C21H34N6O7S. The molecule has 0 aliphatic rings. The van der Waals surface area contributed by atoms with Crippen molar-refractivity contribution in [1.82, 2.24) is 25.9 Å². The van der Waals surface area contributed by atoms with Crippen molar-refractivity contribution >= 4 is 41.4 Å². The molecule has 0 bridgehead atoms. The maximum Gasteiger partial charge on any atom is 0.326 e. The molecule has 1 rings (SSSR count). The number of hydrogen-bond donors (Lipinski definition) is 7. The van der Waals surface area contributed by atoms with Gasteiger partial charge in [0.15, 0.2) is 0 Å². The van der Waals surface area contributed by atoms with Crippen LogP contribution in [0.25, 0.3) is 0 Å². The van der Waals surface area contributed by atoms with Gasteiger partial charge in [-0.05, 0) is 30.8 Å². The molecule has 0 aromatic carbocycles. The zero-order chi connectivity index (χ0) is 26.5. The summed E-state index contributed by atoms with van der Waals surface area (Å²) in [7, 11) is 0. The first-order valence-corrected chi connectivity index (χ1v) is 12.4. The summed E-state index contributed by atoms with van der Waals surface area (Å²) in [5.41, 5.74) is 6.40. The van der Waals surface area contributed by atoms with Gasteiger partial charge in [-0.3, -0.25) is 19.2 Å². The number of nitrogens with one attached hydrogen (secondary N) is 4. The van der Waals surface area contributed by atoms with Crippen LogP contribution in [0, 0.1) is 5.92 Å². The van der Waals surface area contributed by atoms with Crippen molar-refractivity contribution in [2.45, 2.75) is 63.7 Å². The SMILES string of the molecule is CSCCC(NC(=O)C(N)CC(C)C)C(=O)NC(Cc1cnc[nH]1)C(=O)NC(CC(=O)O)C(=O)O. The van der Waals surface area contributed by atoms with Crippen LogP contribution in [0.5, 0.6) is 0 Å². The minimum atomic E-state index is -1.69. The van der Waals surface area contributed by atoms with Crippen molar-refractivity contribution in [1.29, 1.82) is 0 Å². The Kier molecular flexibility index (Phi) is 12.8.